The first kappa shape index (κ1) is 22.0. The van der Waals surface area contributed by atoms with Crippen LogP contribution in [-0.4, -0.2) is 34.1 Å². The number of fused-ring (bicyclic) bond motifs is 3. The van der Waals surface area contributed by atoms with Gasteiger partial charge in [-0.05, 0) is 55.4 Å². The highest BCUT2D eigenvalue weighted by molar-refractivity contribution is 8.00. The first-order chi connectivity index (χ1) is 14.9. The summed E-state index contributed by atoms with van der Waals surface area (Å²) >= 11 is 9.21. The third-order valence-electron chi connectivity index (χ3n) is 5.38. The average Bonchev–Trinajstić information content (AvgIpc) is 3.12. The van der Waals surface area contributed by atoms with Crippen molar-refractivity contribution in [3.05, 3.63) is 45.6 Å². The van der Waals surface area contributed by atoms with Crippen LogP contribution in [0.1, 0.15) is 29.3 Å². The molecule has 162 valence electrons. The Bertz CT molecular complexity index is 1150. The fourth-order valence-corrected chi connectivity index (χ4v) is 6.10. The number of halogens is 1. The lowest BCUT2D eigenvalue weighted by Crippen LogP contribution is -2.34. The number of benzene rings is 1. The van der Waals surface area contributed by atoms with E-state index >= 15 is 0 Å². The largest absolute Gasteiger partial charge is 0.346 e. The highest BCUT2D eigenvalue weighted by Crippen LogP contribution is 2.40. The van der Waals surface area contributed by atoms with Crippen molar-refractivity contribution in [3.8, 4) is 0 Å². The van der Waals surface area contributed by atoms with Gasteiger partial charge in [0.1, 0.15) is 16.2 Å². The summed E-state index contributed by atoms with van der Waals surface area (Å²) < 4.78 is 0. The fraction of sp³-hybridized carbons (Fsp3) is 0.364. The van der Waals surface area contributed by atoms with Crippen LogP contribution in [0.5, 0.6) is 0 Å². The Morgan fingerprint density at radius 1 is 1.29 bits per heavy atom. The molecule has 2 N–H and O–H groups in total. The number of carbonyl (C=O) groups excluding carboxylic acids is 2. The molecule has 0 saturated heterocycles. The van der Waals surface area contributed by atoms with Crippen LogP contribution in [0.15, 0.2) is 29.6 Å². The third kappa shape index (κ3) is 5.02. The van der Waals surface area contributed by atoms with E-state index in [9.17, 15) is 9.59 Å². The normalized spacial score (nSPS) is 15.5. The number of hydrogen-bond donors (Lipinski definition) is 2. The van der Waals surface area contributed by atoms with E-state index in [0.717, 1.165) is 33.6 Å². The zero-order valence-corrected chi connectivity index (χ0v) is 19.7. The topological polar surface area (TPSA) is 84.0 Å². The Morgan fingerprint density at radius 3 is 2.97 bits per heavy atom. The molecule has 0 fully saturated rings. The van der Waals surface area contributed by atoms with Crippen LogP contribution in [-0.2, 0) is 22.4 Å². The summed E-state index contributed by atoms with van der Waals surface area (Å²) in [6.45, 7) is 4.01. The van der Waals surface area contributed by atoms with E-state index in [0.29, 0.717) is 16.6 Å². The average molecular weight is 475 g/mol. The Labute approximate surface area is 194 Å². The van der Waals surface area contributed by atoms with E-state index in [4.69, 9.17) is 11.6 Å². The van der Waals surface area contributed by atoms with Crippen molar-refractivity contribution in [2.45, 2.75) is 38.1 Å². The SMILES string of the molecule is Cc1c(Cl)cccc1NC(=O)CNC(=O)CSc1ncnc2sc3c(c12)CCC(C)C3. The molecule has 6 nitrogen and oxygen atoms in total. The van der Waals surface area contributed by atoms with E-state index < -0.39 is 0 Å². The van der Waals surface area contributed by atoms with E-state index in [1.54, 1.807) is 35.9 Å². The van der Waals surface area contributed by atoms with Gasteiger partial charge in [-0.1, -0.05) is 36.4 Å². The van der Waals surface area contributed by atoms with Crippen molar-refractivity contribution in [1.82, 2.24) is 15.3 Å². The Hall–Kier alpha value is -2.16. The molecule has 1 aromatic carbocycles. The molecule has 9 heteroatoms. The molecule has 2 heterocycles. The number of aryl methyl sites for hydroxylation is 1. The summed E-state index contributed by atoms with van der Waals surface area (Å²) in [5, 5.41) is 7.97. The number of nitrogens with one attached hydrogen (secondary N) is 2. The van der Waals surface area contributed by atoms with E-state index in [1.807, 2.05) is 6.92 Å². The second-order valence-corrected chi connectivity index (χ2v) is 10.2. The van der Waals surface area contributed by atoms with Crippen LogP contribution in [0.3, 0.4) is 0 Å². The van der Waals surface area contributed by atoms with Crippen LogP contribution in [0, 0.1) is 12.8 Å². The Balaban J connectivity index is 1.34. The summed E-state index contributed by atoms with van der Waals surface area (Å²) in [4.78, 5) is 35.8. The molecule has 0 aliphatic heterocycles. The van der Waals surface area contributed by atoms with Crippen molar-refractivity contribution < 1.29 is 9.59 Å². The number of amides is 2. The smallest absolute Gasteiger partial charge is 0.243 e. The molecular weight excluding hydrogens is 452 g/mol. The molecule has 0 spiro atoms. The van der Waals surface area contributed by atoms with Crippen LogP contribution >= 0.6 is 34.7 Å². The fourth-order valence-electron chi connectivity index (χ4n) is 3.66. The molecule has 0 saturated carbocycles. The number of carbonyl (C=O) groups is 2. The summed E-state index contributed by atoms with van der Waals surface area (Å²) in [5.74, 6) is 0.371. The van der Waals surface area contributed by atoms with Gasteiger partial charge >= 0.3 is 0 Å². The molecule has 1 unspecified atom stereocenters. The summed E-state index contributed by atoms with van der Waals surface area (Å²) in [5.41, 5.74) is 2.78. The second kappa shape index (κ2) is 9.54. The van der Waals surface area contributed by atoms with Gasteiger partial charge in [0.15, 0.2) is 0 Å². The Morgan fingerprint density at radius 2 is 2.13 bits per heavy atom. The minimum atomic E-state index is -0.297. The quantitative estimate of drug-likeness (QED) is 0.402. The van der Waals surface area contributed by atoms with Crippen LogP contribution in [0.4, 0.5) is 5.69 Å². The van der Waals surface area contributed by atoms with Gasteiger partial charge in [0.25, 0.3) is 0 Å². The Kier molecular flexibility index (Phi) is 6.79. The van der Waals surface area contributed by atoms with Crippen molar-refractivity contribution >= 4 is 62.4 Å². The number of hydrogen-bond acceptors (Lipinski definition) is 6. The van der Waals surface area contributed by atoms with Gasteiger partial charge in [-0.15, -0.1) is 11.3 Å². The molecule has 0 bridgehead atoms. The summed E-state index contributed by atoms with van der Waals surface area (Å²) in [6, 6.07) is 5.31. The van der Waals surface area contributed by atoms with E-state index in [2.05, 4.69) is 27.5 Å². The lowest BCUT2D eigenvalue weighted by Gasteiger charge is -2.18. The minimum absolute atomic E-state index is 0.101. The zero-order valence-electron chi connectivity index (χ0n) is 17.3. The van der Waals surface area contributed by atoms with Crippen LogP contribution < -0.4 is 10.6 Å². The molecule has 1 atom stereocenters. The number of rotatable bonds is 6. The standard InChI is InChI=1S/C22H23ClN4O2S2/c1-12-6-7-14-17(8-12)31-22-20(14)21(25-11-26-22)30-10-19(29)24-9-18(28)27-16-5-3-4-15(23)13(16)2/h3-5,11-12H,6-10H2,1-2H3,(H,24,29)(H,27,28). The number of thioether (sulfide) groups is 1. The molecule has 2 aromatic heterocycles. The second-order valence-electron chi connectivity index (χ2n) is 7.74. The molecule has 1 aliphatic rings. The van der Waals surface area contributed by atoms with Gasteiger partial charge in [0.05, 0.1) is 12.3 Å². The highest BCUT2D eigenvalue weighted by atomic mass is 35.5. The third-order valence-corrected chi connectivity index (χ3v) is 7.95. The molecule has 1 aliphatic carbocycles. The number of thiophene rings is 1. The lowest BCUT2D eigenvalue weighted by atomic mass is 9.89. The van der Waals surface area contributed by atoms with Crippen LogP contribution in [0.25, 0.3) is 10.2 Å². The zero-order chi connectivity index (χ0) is 22.0. The minimum Gasteiger partial charge on any atom is -0.346 e. The lowest BCUT2D eigenvalue weighted by molar-refractivity contribution is -0.122. The predicted molar refractivity (Wildman–Crippen MR) is 127 cm³/mol. The van der Waals surface area contributed by atoms with Gasteiger partial charge in [0, 0.05) is 21.0 Å². The number of aromatic nitrogens is 2. The van der Waals surface area contributed by atoms with Crippen molar-refractivity contribution in [3.63, 3.8) is 0 Å². The number of anilines is 1. The predicted octanol–water partition coefficient (Wildman–Crippen LogP) is 4.62. The molecule has 4 rings (SSSR count). The summed E-state index contributed by atoms with van der Waals surface area (Å²) in [7, 11) is 0. The van der Waals surface area contributed by atoms with Gasteiger partial charge in [-0.3, -0.25) is 9.59 Å². The van der Waals surface area contributed by atoms with Crippen LogP contribution in [0.2, 0.25) is 5.02 Å². The molecule has 3 aromatic rings. The first-order valence-corrected chi connectivity index (χ1v) is 12.3. The highest BCUT2D eigenvalue weighted by Gasteiger charge is 2.23. The van der Waals surface area contributed by atoms with Gasteiger partial charge in [-0.2, -0.15) is 0 Å². The first-order valence-electron chi connectivity index (χ1n) is 10.1. The monoisotopic (exact) mass is 474 g/mol. The number of nitrogens with zero attached hydrogens (tertiary/aromatic N) is 2. The van der Waals surface area contributed by atoms with Gasteiger partial charge in [-0.25, -0.2) is 9.97 Å². The maximum absolute atomic E-state index is 12.3. The van der Waals surface area contributed by atoms with E-state index in [-0.39, 0.29) is 24.1 Å². The maximum Gasteiger partial charge on any atom is 0.243 e. The maximum atomic E-state index is 12.3. The van der Waals surface area contributed by atoms with E-state index in [1.165, 1.54) is 28.6 Å². The molecule has 0 radical (unpaired) electrons. The van der Waals surface area contributed by atoms with Gasteiger partial charge in [0.2, 0.25) is 11.8 Å². The van der Waals surface area contributed by atoms with Crippen molar-refractivity contribution in [2.75, 3.05) is 17.6 Å². The van der Waals surface area contributed by atoms with Crippen molar-refractivity contribution in [1.29, 1.82) is 0 Å². The molecule has 2 amide bonds. The molecular formula is C22H23ClN4O2S2. The van der Waals surface area contributed by atoms with Gasteiger partial charge < -0.3 is 10.6 Å². The molecule has 31 heavy (non-hydrogen) atoms. The summed E-state index contributed by atoms with van der Waals surface area (Å²) in [6.07, 6.45) is 4.85. The van der Waals surface area contributed by atoms with Crippen molar-refractivity contribution in [2.24, 2.45) is 5.92 Å².